The van der Waals surface area contributed by atoms with Gasteiger partial charge in [-0.1, -0.05) is 6.92 Å². The zero-order valence-electron chi connectivity index (χ0n) is 14.5. The third-order valence-corrected chi connectivity index (χ3v) is 4.38. The van der Waals surface area contributed by atoms with Crippen molar-refractivity contribution in [3.05, 3.63) is 22.5 Å². The molecule has 2 N–H and O–H groups in total. The zero-order valence-corrected chi connectivity index (χ0v) is 14.5. The average molecular weight is 335 g/mol. The van der Waals surface area contributed by atoms with Gasteiger partial charge in [-0.15, -0.1) is 0 Å². The smallest absolute Gasteiger partial charge is 0.339 e. The molecule has 1 saturated heterocycles. The van der Waals surface area contributed by atoms with Gasteiger partial charge in [-0.2, -0.15) is 0 Å². The van der Waals surface area contributed by atoms with Gasteiger partial charge in [0.05, 0.1) is 12.7 Å². The van der Waals surface area contributed by atoms with E-state index in [2.05, 4.69) is 10.3 Å². The summed E-state index contributed by atoms with van der Waals surface area (Å²) in [6.07, 6.45) is 2.98. The SMILES string of the molecule is CCc1[nH]c(C(=O)NCCC(=O)N2CCCC2)c(C)c1C(=O)OC. The van der Waals surface area contributed by atoms with Crippen LogP contribution in [0.1, 0.15) is 58.3 Å². The van der Waals surface area contributed by atoms with Crippen LogP contribution in [0.3, 0.4) is 0 Å². The van der Waals surface area contributed by atoms with Gasteiger partial charge in [0.2, 0.25) is 5.91 Å². The van der Waals surface area contributed by atoms with Gasteiger partial charge in [0, 0.05) is 31.7 Å². The molecule has 1 aromatic rings. The van der Waals surface area contributed by atoms with E-state index in [1.807, 2.05) is 11.8 Å². The molecule has 2 rings (SSSR count). The highest BCUT2D eigenvalue weighted by Crippen LogP contribution is 2.20. The summed E-state index contributed by atoms with van der Waals surface area (Å²) in [6.45, 7) is 5.51. The molecular formula is C17H25N3O4. The molecule has 0 aromatic carbocycles. The topological polar surface area (TPSA) is 91.5 Å². The van der Waals surface area contributed by atoms with Crippen molar-refractivity contribution in [2.24, 2.45) is 0 Å². The van der Waals surface area contributed by atoms with Crippen molar-refractivity contribution >= 4 is 17.8 Å². The molecule has 24 heavy (non-hydrogen) atoms. The molecule has 2 heterocycles. The maximum atomic E-state index is 12.3. The van der Waals surface area contributed by atoms with Gasteiger partial charge in [0.25, 0.3) is 5.91 Å². The number of hydrogen-bond acceptors (Lipinski definition) is 4. The van der Waals surface area contributed by atoms with E-state index in [4.69, 9.17) is 4.74 Å². The molecule has 1 fully saturated rings. The van der Waals surface area contributed by atoms with Gasteiger partial charge in [-0.25, -0.2) is 4.79 Å². The molecule has 2 amide bonds. The lowest BCUT2D eigenvalue weighted by molar-refractivity contribution is -0.129. The number of nitrogens with zero attached hydrogens (tertiary/aromatic N) is 1. The minimum Gasteiger partial charge on any atom is -0.465 e. The highest BCUT2D eigenvalue weighted by Gasteiger charge is 2.24. The second kappa shape index (κ2) is 7.99. The van der Waals surface area contributed by atoms with Gasteiger partial charge in [-0.05, 0) is 31.7 Å². The van der Waals surface area contributed by atoms with Crippen molar-refractivity contribution in [3.8, 4) is 0 Å². The largest absolute Gasteiger partial charge is 0.465 e. The first kappa shape index (κ1) is 18.0. The Hall–Kier alpha value is -2.31. The maximum absolute atomic E-state index is 12.3. The maximum Gasteiger partial charge on any atom is 0.339 e. The highest BCUT2D eigenvalue weighted by molar-refractivity contribution is 6.00. The Morgan fingerprint density at radius 2 is 1.92 bits per heavy atom. The first-order chi connectivity index (χ1) is 11.5. The van der Waals surface area contributed by atoms with Gasteiger partial charge in [0.1, 0.15) is 5.69 Å². The number of carbonyl (C=O) groups is 3. The Kier molecular flexibility index (Phi) is 6.00. The molecule has 0 aliphatic carbocycles. The average Bonchev–Trinajstić information content (AvgIpc) is 3.21. The summed E-state index contributed by atoms with van der Waals surface area (Å²) in [5.74, 6) is -0.698. The fourth-order valence-electron chi connectivity index (χ4n) is 3.03. The molecule has 0 radical (unpaired) electrons. The first-order valence-electron chi connectivity index (χ1n) is 8.35. The van der Waals surface area contributed by atoms with E-state index in [-0.39, 0.29) is 24.8 Å². The molecule has 0 atom stereocenters. The van der Waals surface area contributed by atoms with E-state index >= 15 is 0 Å². The number of amides is 2. The Morgan fingerprint density at radius 3 is 2.50 bits per heavy atom. The second-order valence-corrected chi connectivity index (χ2v) is 5.92. The number of H-pyrrole nitrogens is 1. The highest BCUT2D eigenvalue weighted by atomic mass is 16.5. The summed E-state index contributed by atoms with van der Waals surface area (Å²) >= 11 is 0. The van der Waals surface area contributed by atoms with E-state index in [1.54, 1.807) is 6.92 Å². The Morgan fingerprint density at radius 1 is 1.25 bits per heavy atom. The van der Waals surface area contributed by atoms with Crippen LogP contribution in [0.4, 0.5) is 0 Å². The number of likely N-dealkylation sites (tertiary alicyclic amines) is 1. The van der Waals surface area contributed by atoms with Crippen molar-refractivity contribution < 1.29 is 19.1 Å². The number of ether oxygens (including phenoxy) is 1. The molecule has 1 aromatic heterocycles. The quantitative estimate of drug-likeness (QED) is 0.769. The summed E-state index contributed by atoms with van der Waals surface area (Å²) in [7, 11) is 1.32. The van der Waals surface area contributed by atoms with Gasteiger partial charge < -0.3 is 19.9 Å². The monoisotopic (exact) mass is 335 g/mol. The third kappa shape index (κ3) is 3.77. The molecule has 0 saturated carbocycles. The fourth-order valence-corrected chi connectivity index (χ4v) is 3.03. The number of rotatable bonds is 6. The van der Waals surface area contributed by atoms with E-state index < -0.39 is 5.97 Å². The second-order valence-electron chi connectivity index (χ2n) is 5.92. The Bertz CT molecular complexity index is 630. The number of hydrogen-bond donors (Lipinski definition) is 2. The Balaban J connectivity index is 1.98. The van der Waals surface area contributed by atoms with Crippen LogP contribution in [-0.2, 0) is 16.0 Å². The van der Waals surface area contributed by atoms with Crippen molar-refractivity contribution in [1.29, 1.82) is 0 Å². The number of methoxy groups -OCH3 is 1. The predicted molar refractivity (Wildman–Crippen MR) is 89.0 cm³/mol. The van der Waals surface area contributed by atoms with Crippen molar-refractivity contribution in [3.63, 3.8) is 0 Å². The molecule has 132 valence electrons. The summed E-state index contributed by atoms with van der Waals surface area (Å²) in [5.41, 5.74) is 2.01. The number of nitrogens with one attached hydrogen (secondary N) is 2. The molecular weight excluding hydrogens is 310 g/mol. The summed E-state index contributed by atoms with van der Waals surface area (Å²) in [5, 5.41) is 2.75. The van der Waals surface area contributed by atoms with Gasteiger partial charge in [-0.3, -0.25) is 9.59 Å². The van der Waals surface area contributed by atoms with Crippen LogP contribution in [0.15, 0.2) is 0 Å². The van der Waals surface area contributed by atoms with Crippen molar-refractivity contribution in [2.75, 3.05) is 26.7 Å². The normalized spacial score (nSPS) is 13.9. The zero-order chi connectivity index (χ0) is 17.7. The standard InChI is InChI=1S/C17H25N3O4/c1-4-12-14(17(23)24-3)11(2)15(19-12)16(22)18-8-7-13(21)20-9-5-6-10-20/h19H,4-10H2,1-3H3,(H,18,22). The number of aromatic nitrogens is 1. The Labute approximate surface area is 141 Å². The minimum atomic E-state index is -0.455. The van der Waals surface area contributed by atoms with E-state index in [1.165, 1.54) is 7.11 Å². The van der Waals surface area contributed by atoms with Crippen molar-refractivity contribution in [1.82, 2.24) is 15.2 Å². The van der Waals surface area contributed by atoms with Crippen LogP contribution >= 0.6 is 0 Å². The molecule has 0 unspecified atom stereocenters. The fraction of sp³-hybridized carbons (Fsp3) is 0.588. The van der Waals surface area contributed by atoms with E-state index in [0.29, 0.717) is 28.9 Å². The number of aryl methyl sites for hydroxylation is 1. The molecule has 0 spiro atoms. The summed E-state index contributed by atoms with van der Waals surface area (Å²) in [6, 6.07) is 0. The van der Waals surface area contributed by atoms with Crippen LogP contribution < -0.4 is 5.32 Å². The molecule has 0 bridgehead atoms. The van der Waals surface area contributed by atoms with Crippen LogP contribution in [-0.4, -0.2) is 54.4 Å². The van der Waals surface area contributed by atoms with E-state index in [9.17, 15) is 14.4 Å². The summed E-state index contributed by atoms with van der Waals surface area (Å²) < 4.78 is 4.78. The lowest BCUT2D eigenvalue weighted by Crippen LogP contribution is -2.33. The minimum absolute atomic E-state index is 0.0699. The van der Waals surface area contributed by atoms with Gasteiger partial charge >= 0.3 is 5.97 Å². The van der Waals surface area contributed by atoms with Crippen LogP contribution in [0, 0.1) is 6.92 Å². The van der Waals surface area contributed by atoms with Crippen LogP contribution in [0.5, 0.6) is 0 Å². The van der Waals surface area contributed by atoms with E-state index in [0.717, 1.165) is 25.9 Å². The summed E-state index contributed by atoms with van der Waals surface area (Å²) in [4.78, 5) is 41.0. The number of aromatic amines is 1. The van der Waals surface area contributed by atoms with Crippen LogP contribution in [0.2, 0.25) is 0 Å². The molecule has 7 nitrogen and oxygen atoms in total. The number of esters is 1. The predicted octanol–water partition coefficient (Wildman–Crippen LogP) is 1.41. The van der Waals surface area contributed by atoms with Crippen molar-refractivity contribution in [2.45, 2.75) is 39.5 Å². The van der Waals surface area contributed by atoms with Gasteiger partial charge in [0.15, 0.2) is 0 Å². The molecule has 1 aliphatic heterocycles. The number of carbonyl (C=O) groups excluding carboxylic acids is 3. The van der Waals surface area contributed by atoms with Crippen LogP contribution in [0.25, 0.3) is 0 Å². The first-order valence-corrected chi connectivity index (χ1v) is 8.35. The molecule has 7 heteroatoms. The third-order valence-electron chi connectivity index (χ3n) is 4.38. The lowest BCUT2D eigenvalue weighted by Gasteiger charge is -2.15. The molecule has 1 aliphatic rings. The lowest BCUT2D eigenvalue weighted by atomic mass is 10.1.